The van der Waals surface area contributed by atoms with Crippen LogP contribution in [0.4, 0.5) is 11.4 Å². The minimum atomic E-state index is -3.76. The Labute approximate surface area is 193 Å². The van der Waals surface area contributed by atoms with Gasteiger partial charge in [0.1, 0.15) is 10.6 Å². The van der Waals surface area contributed by atoms with Crippen LogP contribution in [0.25, 0.3) is 0 Å². The number of hydrogen-bond acceptors (Lipinski definition) is 6. The highest BCUT2D eigenvalue weighted by molar-refractivity contribution is 7.89. The van der Waals surface area contributed by atoms with Crippen molar-refractivity contribution in [3.63, 3.8) is 0 Å². The number of hydrogen-bond donors (Lipinski definition) is 1. The predicted molar refractivity (Wildman–Crippen MR) is 123 cm³/mol. The standard InChI is InChI=1S/C22H26ClN3O5S/c1-30-20-7-4-16(14-21(20)32(28,29)26-8-2-3-9-26)22(27)24-18-15-17(23)5-6-19(18)25-10-12-31-13-11-25/h4-7,14-15H,2-3,8-13H2,1H3,(H,24,27). The number of methoxy groups -OCH3 is 1. The molecule has 0 aromatic heterocycles. The van der Waals surface area contributed by atoms with Crippen LogP contribution in [0.1, 0.15) is 23.2 Å². The zero-order valence-corrected chi connectivity index (χ0v) is 19.4. The number of carbonyl (C=O) groups excluding carboxylic acids is 1. The van der Waals surface area contributed by atoms with Gasteiger partial charge in [-0.05, 0) is 49.2 Å². The number of amides is 1. The van der Waals surface area contributed by atoms with Crippen molar-refractivity contribution in [1.29, 1.82) is 0 Å². The maximum atomic E-state index is 13.1. The molecule has 0 spiro atoms. The quantitative estimate of drug-likeness (QED) is 0.684. The molecular formula is C22H26ClN3O5S. The molecule has 2 saturated heterocycles. The molecule has 0 radical (unpaired) electrons. The van der Waals surface area contributed by atoms with Crippen molar-refractivity contribution in [3.05, 3.63) is 47.0 Å². The van der Waals surface area contributed by atoms with Crippen LogP contribution in [-0.4, -0.2) is 65.1 Å². The first-order valence-corrected chi connectivity index (χ1v) is 12.3. The lowest BCUT2D eigenvalue weighted by molar-refractivity contribution is 0.102. The summed E-state index contributed by atoms with van der Waals surface area (Å²) in [5.41, 5.74) is 1.62. The third-order valence-corrected chi connectivity index (χ3v) is 7.82. The van der Waals surface area contributed by atoms with Crippen LogP contribution in [0.3, 0.4) is 0 Å². The molecule has 0 unspecified atom stereocenters. The fourth-order valence-corrected chi connectivity index (χ4v) is 5.84. The number of benzene rings is 2. The zero-order valence-electron chi connectivity index (χ0n) is 17.8. The molecule has 1 N–H and O–H groups in total. The van der Waals surface area contributed by atoms with Crippen molar-refractivity contribution in [1.82, 2.24) is 4.31 Å². The maximum Gasteiger partial charge on any atom is 0.255 e. The van der Waals surface area contributed by atoms with Crippen LogP contribution in [0, 0.1) is 0 Å². The first-order chi connectivity index (χ1) is 15.4. The van der Waals surface area contributed by atoms with Crippen LogP contribution in [0.2, 0.25) is 5.02 Å². The molecule has 2 heterocycles. The van der Waals surface area contributed by atoms with E-state index in [4.69, 9.17) is 21.1 Å². The summed E-state index contributed by atoms with van der Waals surface area (Å²) in [6.45, 7) is 3.54. The van der Waals surface area contributed by atoms with Crippen molar-refractivity contribution in [2.24, 2.45) is 0 Å². The third-order valence-electron chi connectivity index (χ3n) is 5.67. The molecule has 10 heteroatoms. The first kappa shape index (κ1) is 22.8. The van der Waals surface area contributed by atoms with Gasteiger partial charge < -0.3 is 19.7 Å². The molecule has 2 fully saturated rings. The fraction of sp³-hybridized carbons (Fsp3) is 0.409. The smallest absolute Gasteiger partial charge is 0.255 e. The Morgan fingerprint density at radius 3 is 2.47 bits per heavy atom. The van der Waals surface area contributed by atoms with E-state index in [2.05, 4.69) is 10.2 Å². The zero-order chi connectivity index (χ0) is 22.7. The van der Waals surface area contributed by atoms with E-state index in [1.807, 2.05) is 6.07 Å². The summed E-state index contributed by atoms with van der Waals surface area (Å²) in [5.74, 6) is -0.215. The van der Waals surface area contributed by atoms with Crippen LogP contribution >= 0.6 is 11.6 Å². The largest absolute Gasteiger partial charge is 0.495 e. The number of nitrogens with zero attached hydrogens (tertiary/aromatic N) is 2. The Balaban J connectivity index is 1.64. The van der Waals surface area contributed by atoms with Crippen LogP contribution in [0.15, 0.2) is 41.3 Å². The Morgan fingerprint density at radius 1 is 1.06 bits per heavy atom. The molecule has 2 aromatic rings. The summed E-state index contributed by atoms with van der Waals surface area (Å²) in [4.78, 5) is 15.2. The second kappa shape index (κ2) is 9.66. The normalized spacial score (nSPS) is 17.4. The van der Waals surface area contributed by atoms with Crippen molar-refractivity contribution in [2.75, 3.05) is 56.7 Å². The third kappa shape index (κ3) is 4.71. The molecule has 8 nitrogen and oxygen atoms in total. The number of halogens is 1. The fourth-order valence-electron chi connectivity index (χ4n) is 3.97. The molecule has 2 aliphatic heterocycles. The second-order valence-corrected chi connectivity index (χ2v) is 10.0. The van der Waals surface area contributed by atoms with Crippen LogP contribution in [0.5, 0.6) is 5.75 Å². The molecule has 2 aromatic carbocycles. The van der Waals surface area contributed by atoms with Crippen molar-refractivity contribution < 1.29 is 22.7 Å². The van der Waals surface area contributed by atoms with Gasteiger partial charge in [-0.3, -0.25) is 4.79 Å². The monoisotopic (exact) mass is 479 g/mol. The Hall–Kier alpha value is -2.33. The lowest BCUT2D eigenvalue weighted by atomic mass is 10.1. The van der Waals surface area contributed by atoms with Gasteiger partial charge in [0.15, 0.2) is 0 Å². The molecule has 4 rings (SSSR count). The van der Waals surface area contributed by atoms with E-state index in [0.29, 0.717) is 50.1 Å². The molecule has 2 aliphatic rings. The van der Waals surface area contributed by atoms with Gasteiger partial charge in [0.2, 0.25) is 10.0 Å². The number of nitrogens with one attached hydrogen (secondary N) is 1. The van der Waals surface area contributed by atoms with Gasteiger partial charge in [0.25, 0.3) is 5.91 Å². The topological polar surface area (TPSA) is 88.2 Å². The summed E-state index contributed by atoms with van der Waals surface area (Å²) in [5, 5.41) is 3.39. The van der Waals surface area contributed by atoms with Crippen LogP contribution < -0.4 is 15.0 Å². The molecular weight excluding hydrogens is 454 g/mol. The van der Waals surface area contributed by atoms with Gasteiger partial charge in [-0.15, -0.1) is 0 Å². The minimum Gasteiger partial charge on any atom is -0.495 e. The van der Waals surface area contributed by atoms with E-state index in [9.17, 15) is 13.2 Å². The highest BCUT2D eigenvalue weighted by Crippen LogP contribution is 2.32. The average Bonchev–Trinajstić information content (AvgIpc) is 3.35. The summed E-state index contributed by atoms with van der Waals surface area (Å²) in [7, 11) is -2.34. The number of carbonyl (C=O) groups is 1. The second-order valence-electron chi connectivity index (χ2n) is 7.69. The van der Waals surface area contributed by atoms with Gasteiger partial charge >= 0.3 is 0 Å². The van der Waals surface area contributed by atoms with Crippen molar-refractivity contribution in [3.8, 4) is 5.75 Å². The van der Waals surface area contributed by atoms with Crippen molar-refractivity contribution >= 4 is 38.9 Å². The maximum absolute atomic E-state index is 13.1. The van der Waals surface area contributed by atoms with E-state index in [1.165, 1.54) is 23.5 Å². The van der Waals surface area contributed by atoms with Gasteiger partial charge in [-0.1, -0.05) is 11.6 Å². The lowest BCUT2D eigenvalue weighted by Crippen LogP contribution is -2.36. The summed E-state index contributed by atoms with van der Waals surface area (Å²) in [6.07, 6.45) is 1.64. The van der Waals surface area contributed by atoms with E-state index in [-0.39, 0.29) is 16.2 Å². The summed E-state index contributed by atoms with van der Waals surface area (Å²) in [6, 6.07) is 9.77. The molecule has 0 bridgehead atoms. The minimum absolute atomic E-state index is 0.00551. The number of sulfonamides is 1. The van der Waals surface area contributed by atoms with Gasteiger partial charge in [-0.2, -0.15) is 4.31 Å². The van der Waals surface area contributed by atoms with E-state index >= 15 is 0 Å². The average molecular weight is 480 g/mol. The molecule has 0 saturated carbocycles. The van der Waals surface area contributed by atoms with E-state index in [0.717, 1.165) is 18.5 Å². The highest BCUT2D eigenvalue weighted by atomic mass is 35.5. The predicted octanol–water partition coefficient (Wildman–Crippen LogP) is 3.22. The number of anilines is 2. The molecule has 172 valence electrons. The summed E-state index contributed by atoms with van der Waals surface area (Å²) >= 11 is 6.19. The van der Waals surface area contributed by atoms with Gasteiger partial charge in [-0.25, -0.2) is 8.42 Å². The Kier molecular flexibility index (Phi) is 6.90. The van der Waals surface area contributed by atoms with E-state index in [1.54, 1.807) is 18.2 Å². The van der Waals surface area contributed by atoms with E-state index < -0.39 is 15.9 Å². The van der Waals surface area contributed by atoms with Gasteiger partial charge in [0.05, 0.1) is 31.7 Å². The molecule has 1 amide bonds. The summed E-state index contributed by atoms with van der Waals surface area (Å²) < 4.78 is 38.4. The van der Waals surface area contributed by atoms with Crippen molar-refractivity contribution in [2.45, 2.75) is 17.7 Å². The Bertz CT molecular complexity index is 1100. The number of ether oxygens (including phenoxy) is 2. The lowest BCUT2D eigenvalue weighted by Gasteiger charge is -2.30. The van der Waals surface area contributed by atoms with Gasteiger partial charge in [0, 0.05) is 36.8 Å². The highest BCUT2D eigenvalue weighted by Gasteiger charge is 2.31. The number of rotatable bonds is 6. The SMILES string of the molecule is COc1ccc(C(=O)Nc2cc(Cl)ccc2N2CCOCC2)cc1S(=O)(=O)N1CCCC1. The molecule has 0 aliphatic carbocycles. The molecule has 0 atom stereocenters. The van der Waals surface area contributed by atoms with Crippen LogP contribution in [-0.2, 0) is 14.8 Å². The first-order valence-electron chi connectivity index (χ1n) is 10.5. The Morgan fingerprint density at radius 2 is 1.78 bits per heavy atom. The molecule has 32 heavy (non-hydrogen) atoms. The number of morpholine rings is 1.